The molecule has 0 heterocycles. The molecule has 1 aliphatic carbocycles. The van der Waals surface area contributed by atoms with Crippen LogP contribution < -0.4 is 0 Å². The normalized spacial score (nSPS) is 17.8. The zero-order valence-corrected chi connectivity index (χ0v) is 21.6. The van der Waals surface area contributed by atoms with Crippen LogP contribution in [-0.4, -0.2) is 16.5 Å². The van der Waals surface area contributed by atoms with E-state index in [1.54, 1.807) is 0 Å². The highest BCUT2D eigenvalue weighted by Gasteiger charge is 2.28. The first-order valence-electron chi connectivity index (χ1n) is 11.9. The maximum Gasteiger partial charge on any atom is 0.166 e. The minimum Gasteiger partial charge on any atom is -0.375 e. The number of hydrogen-bond donors (Lipinski definition) is 1. The van der Waals surface area contributed by atoms with Crippen molar-refractivity contribution in [1.29, 1.82) is 0 Å². The zero-order chi connectivity index (χ0) is 24.2. The standard InChI is InChI=1S/C29H41N2O/c1-17(2)23-12-11-13-24(18(3)4)27(23)30-21(9)16-22(10)31-28-25(19(5)6)14-15-26(20(7)8)29(28)32/h11-20,32H,1-10H3/b22-16+,30-21?,31-28?. The van der Waals surface area contributed by atoms with Crippen molar-refractivity contribution in [2.24, 2.45) is 21.8 Å². The molecule has 0 fully saturated rings. The smallest absolute Gasteiger partial charge is 0.166 e. The quantitative estimate of drug-likeness (QED) is 0.431. The fourth-order valence-electron chi connectivity index (χ4n) is 4.02. The molecule has 1 aromatic rings. The molecule has 0 bridgehead atoms. The van der Waals surface area contributed by atoms with Crippen LogP contribution in [0.15, 0.2) is 63.3 Å². The molecule has 3 heteroatoms. The Hall–Kier alpha value is -2.26. The van der Waals surface area contributed by atoms with Crippen LogP contribution in [0.1, 0.15) is 92.2 Å². The van der Waals surface area contributed by atoms with Crippen molar-refractivity contribution in [1.82, 2.24) is 0 Å². The second kappa shape index (κ2) is 11.0. The van der Waals surface area contributed by atoms with Crippen molar-refractivity contribution < 1.29 is 5.11 Å². The van der Waals surface area contributed by atoms with Gasteiger partial charge in [-0.2, -0.15) is 0 Å². The number of nitrogens with zero attached hydrogens (tertiary/aromatic N) is 2. The molecule has 0 aromatic heterocycles. The number of para-hydroxylation sites is 1. The average Bonchev–Trinajstić information content (AvgIpc) is 2.68. The van der Waals surface area contributed by atoms with Crippen LogP contribution in [0.5, 0.6) is 0 Å². The van der Waals surface area contributed by atoms with E-state index < -0.39 is 0 Å². The molecule has 0 unspecified atom stereocenters. The van der Waals surface area contributed by atoms with Crippen molar-refractivity contribution in [2.45, 2.75) is 81.1 Å². The van der Waals surface area contributed by atoms with Gasteiger partial charge in [0.1, 0.15) is 0 Å². The van der Waals surface area contributed by atoms with Crippen molar-refractivity contribution in [3.05, 3.63) is 70.5 Å². The molecule has 1 aliphatic rings. The summed E-state index contributed by atoms with van der Waals surface area (Å²) < 4.78 is 0. The van der Waals surface area contributed by atoms with E-state index in [0.717, 1.165) is 28.2 Å². The molecule has 1 N–H and O–H groups in total. The number of aliphatic hydroxyl groups excluding tert-OH is 1. The lowest BCUT2D eigenvalue weighted by Gasteiger charge is -2.26. The Bertz CT molecular complexity index is 943. The highest BCUT2D eigenvalue weighted by Crippen LogP contribution is 2.35. The lowest BCUT2D eigenvalue weighted by Crippen LogP contribution is -2.24. The second-order valence-corrected chi connectivity index (χ2v) is 10.00. The van der Waals surface area contributed by atoms with Gasteiger partial charge in [-0.05, 0) is 65.9 Å². The topological polar surface area (TPSA) is 45.0 Å². The maximum absolute atomic E-state index is 11.0. The van der Waals surface area contributed by atoms with Gasteiger partial charge in [0, 0.05) is 11.4 Å². The molecular formula is C29H41N2O. The predicted octanol–water partition coefficient (Wildman–Crippen LogP) is 8.45. The van der Waals surface area contributed by atoms with Crippen LogP contribution >= 0.6 is 0 Å². The number of allylic oxidation sites excluding steroid dienone is 4. The van der Waals surface area contributed by atoms with Gasteiger partial charge in [0.2, 0.25) is 0 Å². The van der Waals surface area contributed by atoms with Crippen molar-refractivity contribution in [3.63, 3.8) is 0 Å². The molecule has 0 spiro atoms. The fourth-order valence-corrected chi connectivity index (χ4v) is 4.02. The lowest BCUT2D eigenvalue weighted by atomic mass is 9.83. The summed E-state index contributed by atoms with van der Waals surface area (Å²) >= 11 is 0. The molecule has 0 aliphatic heterocycles. The SMILES string of the molecule is CC(/C=C(\C)N=C1[C](O)C(C(C)C)=CC=C1C(C)C)=Nc1c(C(C)C)cccc1C(C)C. The number of rotatable bonds is 7. The summed E-state index contributed by atoms with van der Waals surface area (Å²) in [5, 5.41) is 11.0. The lowest BCUT2D eigenvalue weighted by molar-refractivity contribution is 0.358. The summed E-state index contributed by atoms with van der Waals surface area (Å²) in [5.74, 6) is 1.31. The van der Waals surface area contributed by atoms with E-state index in [2.05, 4.69) is 79.7 Å². The van der Waals surface area contributed by atoms with E-state index in [-0.39, 0.29) is 11.8 Å². The number of aliphatic hydroxyl groups is 1. The third-order valence-corrected chi connectivity index (χ3v) is 5.79. The highest BCUT2D eigenvalue weighted by atomic mass is 16.3. The Morgan fingerprint density at radius 3 is 1.75 bits per heavy atom. The van der Waals surface area contributed by atoms with Gasteiger partial charge in [0.05, 0.1) is 11.4 Å². The van der Waals surface area contributed by atoms with E-state index in [9.17, 15) is 5.11 Å². The van der Waals surface area contributed by atoms with Gasteiger partial charge in [-0.1, -0.05) is 85.7 Å². The van der Waals surface area contributed by atoms with Gasteiger partial charge in [-0.15, -0.1) is 0 Å². The van der Waals surface area contributed by atoms with Crippen molar-refractivity contribution >= 4 is 17.1 Å². The Morgan fingerprint density at radius 2 is 1.28 bits per heavy atom. The van der Waals surface area contributed by atoms with Crippen LogP contribution in [0.25, 0.3) is 0 Å². The first-order chi connectivity index (χ1) is 14.9. The van der Waals surface area contributed by atoms with Crippen LogP contribution in [0.3, 0.4) is 0 Å². The van der Waals surface area contributed by atoms with Crippen molar-refractivity contribution in [2.75, 3.05) is 0 Å². The molecule has 1 radical (unpaired) electrons. The van der Waals surface area contributed by atoms with Crippen LogP contribution in [0.2, 0.25) is 0 Å². The number of benzene rings is 1. The van der Waals surface area contributed by atoms with E-state index in [1.165, 1.54) is 11.1 Å². The summed E-state index contributed by atoms with van der Waals surface area (Å²) in [6.07, 6.45) is 6.42. The van der Waals surface area contributed by atoms with Gasteiger partial charge < -0.3 is 5.11 Å². The molecule has 1 aromatic carbocycles. The third kappa shape index (κ3) is 6.16. The summed E-state index contributed by atoms with van der Waals surface area (Å²) in [6, 6.07) is 6.48. The zero-order valence-electron chi connectivity index (χ0n) is 21.6. The first kappa shape index (κ1) is 26.0. The van der Waals surface area contributed by atoms with Crippen molar-refractivity contribution in [3.8, 4) is 0 Å². The molecule has 173 valence electrons. The van der Waals surface area contributed by atoms with Crippen LogP contribution in [0, 0.1) is 17.9 Å². The molecule has 32 heavy (non-hydrogen) atoms. The second-order valence-electron chi connectivity index (χ2n) is 10.00. The van der Waals surface area contributed by atoms with E-state index in [1.807, 2.05) is 26.0 Å². The van der Waals surface area contributed by atoms with Crippen LogP contribution in [0.4, 0.5) is 5.69 Å². The van der Waals surface area contributed by atoms with Gasteiger partial charge in [-0.3, -0.25) is 9.98 Å². The summed E-state index contributed by atoms with van der Waals surface area (Å²) in [6.45, 7) is 21.3. The molecular weight excluding hydrogens is 392 g/mol. The number of hydrogen-bond acceptors (Lipinski definition) is 3. The minimum atomic E-state index is 0.236. The summed E-state index contributed by atoms with van der Waals surface area (Å²) in [4.78, 5) is 9.88. The monoisotopic (exact) mass is 433 g/mol. The molecule has 0 saturated heterocycles. The predicted molar refractivity (Wildman–Crippen MR) is 140 cm³/mol. The fraction of sp³-hybridized carbons (Fsp3) is 0.483. The van der Waals surface area contributed by atoms with E-state index in [4.69, 9.17) is 9.98 Å². The highest BCUT2D eigenvalue weighted by molar-refractivity contribution is 6.13. The molecule has 3 nitrogen and oxygen atoms in total. The third-order valence-electron chi connectivity index (χ3n) is 5.79. The Kier molecular flexibility index (Phi) is 8.98. The average molecular weight is 434 g/mol. The van der Waals surface area contributed by atoms with Gasteiger partial charge in [-0.25, -0.2) is 0 Å². The maximum atomic E-state index is 11.0. The van der Waals surface area contributed by atoms with Crippen LogP contribution in [-0.2, 0) is 0 Å². The van der Waals surface area contributed by atoms with E-state index in [0.29, 0.717) is 23.7 Å². The van der Waals surface area contributed by atoms with Gasteiger partial charge in [0.25, 0.3) is 0 Å². The number of aliphatic imine (C=N–C) groups is 2. The molecule has 0 amide bonds. The van der Waals surface area contributed by atoms with E-state index >= 15 is 0 Å². The molecule has 0 saturated carbocycles. The van der Waals surface area contributed by atoms with Gasteiger partial charge in [0.15, 0.2) is 6.10 Å². The molecule has 2 rings (SSSR count). The van der Waals surface area contributed by atoms with Gasteiger partial charge >= 0.3 is 0 Å². The Labute approximate surface area is 195 Å². The summed E-state index contributed by atoms with van der Waals surface area (Å²) in [5.41, 5.74) is 8.01. The minimum absolute atomic E-state index is 0.236. The molecule has 0 atom stereocenters. The largest absolute Gasteiger partial charge is 0.375 e. The summed E-state index contributed by atoms with van der Waals surface area (Å²) in [7, 11) is 0. The Balaban J connectivity index is 2.49. The Morgan fingerprint density at radius 1 is 0.781 bits per heavy atom. The first-order valence-corrected chi connectivity index (χ1v) is 11.9.